The molecule has 0 spiro atoms. The maximum Gasteiger partial charge on any atom is 0.476 e. The smallest absolute Gasteiger partial charge is 0.379 e. The van der Waals surface area contributed by atoms with Crippen molar-refractivity contribution in [3.63, 3.8) is 0 Å². The van der Waals surface area contributed by atoms with Crippen molar-refractivity contribution in [2.24, 2.45) is 0 Å². The second kappa shape index (κ2) is 17.8. The SMILES string of the molecule is CCCCCCCCOCCOP(=O)(O)OC(C)(OCCCC)OCCCC. The third-order valence-electron chi connectivity index (χ3n) is 4.13. The lowest BCUT2D eigenvalue weighted by Crippen LogP contribution is -2.36. The van der Waals surface area contributed by atoms with Gasteiger partial charge in [-0.15, -0.1) is 0 Å². The Labute approximate surface area is 172 Å². The lowest BCUT2D eigenvalue weighted by atomic mass is 10.1. The molecule has 0 aromatic heterocycles. The van der Waals surface area contributed by atoms with E-state index in [0.717, 1.165) is 38.5 Å². The second-order valence-corrected chi connectivity index (χ2v) is 8.42. The molecule has 0 aliphatic carbocycles. The van der Waals surface area contributed by atoms with Crippen molar-refractivity contribution >= 4 is 7.82 Å². The van der Waals surface area contributed by atoms with Gasteiger partial charge in [-0.1, -0.05) is 65.7 Å². The standard InChI is InChI=1S/C20H43O7P/c1-5-8-11-12-13-14-15-23-18-19-26-28(21,22)27-20(4,24-16-9-6-2)25-17-10-7-3/h5-19H2,1-4H3,(H,21,22). The van der Waals surface area contributed by atoms with E-state index < -0.39 is 13.8 Å². The Morgan fingerprint density at radius 2 is 1.25 bits per heavy atom. The van der Waals surface area contributed by atoms with Crippen molar-refractivity contribution in [3.05, 3.63) is 0 Å². The van der Waals surface area contributed by atoms with Crippen molar-refractivity contribution in [3.8, 4) is 0 Å². The summed E-state index contributed by atoms with van der Waals surface area (Å²) in [5.41, 5.74) is 0. The third-order valence-corrected chi connectivity index (χ3v) is 5.20. The molecule has 28 heavy (non-hydrogen) atoms. The predicted octanol–water partition coefficient (Wildman–Crippen LogP) is 5.80. The molecule has 0 heterocycles. The molecule has 1 unspecified atom stereocenters. The highest BCUT2D eigenvalue weighted by atomic mass is 31.2. The number of unbranched alkanes of at least 4 members (excludes halogenated alkanes) is 7. The molecule has 0 aliphatic heterocycles. The fourth-order valence-electron chi connectivity index (χ4n) is 2.43. The van der Waals surface area contributed by atoms with Crippen LogP contribution in [0.5, 0.6) is 0 Å². The van der Waals surface area contributed by atoms with E-state index in [9.17, 15) is 9.46 Å². The zero-order chi connectivity index (χ0) is 21.1. The van der Waals surface area contributed by atoms with Crippen molar-refractivity contribution in [2.45, 2.75) is 97.9 Å². The molecule has 170 valence electrons. The van der Waals surface area contributed by atoms with Crippen LogP contribution in [0.1, 0.15) is 91.9 Å². The van der Waals surface area contributed by atoms with Gasteiger partial charge in [0.2, 0.25) is 0 Å². The van der Waals surface area contributed by atoms with Gasteiger partial charge in [0.1, 0.15) is 0 Å². The van der Waals surface area contributed by atoms with Gasteiger partial charge in [-0.05, 0) is 19.3 Å². The van der Waals surface area contributed by atoms with E-state index in [0.29, 0.717) is 19.8 Å². The Bertz CT molecular complexity index is 383. The van der Waals surface area contributed by atoms with Gasteiger partial charge >= 0.3 is 7.82 Å². The van der Waals surface area contributed by atoms with Crippen LogP contribution >= 0.6 is 7.82 Å². The fourth-order valence-corrected chi connectivity index (χ4v) is 3.31. The first-order valence-electron chi connectivity index (χ1n) is 10.9. The van der Waals surface area contributed by atoms with Gasteiger partial charge in [-0.25, -0.2) is 9.09 Å². The highest BCUT2D eigenvalue weighted by molar-refractivity contribution is 7.47. The Balaban J connectivity index is 4.10. The molecule has 8 heteroatoms. The Hall–Kier alpha value is -0.0100. The summed E-state index contributed by atoms with van der Waals surface area (Å²) in [7, 11) is -4.32. The zero-order valence-electron chi connectivity index (χ0n) is 18.5. The monoisotopic (exact) mass is 426 g/mol. The van der Waals surface area contributed by atoms with E-state index in [-0.39, 0.29) is 13.2 Å². The van der Waals surface area contributed by atoms with Crippen LogP contribution in [0.4, 0.5) is 0 Å². The van der Waals surface area contributed by atoms with E-state index in [2.05, 4.69) is 6.92 Å². The molecular weight excluding hydrogens is 383 g/mol. The molecule has 0 amide bonds. The maximum absolute atomic E-state index is 12.2. The number of hydrogen-bond donors (Lipinski definition) is 1. The van der Waals surface area contributed by atoms with Crippen molar-refractivity contribution in [1.82, 2.24) is 0 Å². The minimum Gasteiger partial charge on any atom is -0.379 e. The largest absolute Gasteiger partial charge is 0.476 e. The molecule has 0 aromatic carbocycles. The van der Waals surface area contributed by atoms with Gasteiger partial charge in [0.05, 0.1) is 26.4 Å². The van der Waals surface area contributed by atoms with Crippen molar-refractivity contribution in [1.29, 1.82) is 0 Å². The van der Waals surface area contributed by atoms with Gasteiger partial charge in [-0.2, -0.15) is 0 Å². The van der Waals surface area contributed by atoms with Crippen LogP contribution in [0.15, 0.2) is 0 Å². The normalized spacial score (nSPS) is 14.3. The Morgan fingerprint density at radius 3 is 1.82 bits per heavy atom. The summed E-state index contributed by atoms with van der Waals surface area (Å²) in [6, 6.07) is 0. The van der Waals surface area contributed by atoms with Crippen LogP contribution in [0.2, 0.25) is 0 Å². The number of ether oxygens (including phenoxy) is 3. The van der Waals surface area contributed by atoms with E-state index >= 15 is 0 Å². The lowest BCUT2D eigenvalue weighted by Gasteiger charge is -2.30. The van der Waals surface area contributed by atoms with Crippen molar-refractivity contribution in [2.75, 3.05) is 33.0 Å². The van der Waals surface area contributed by atoms with E-state index in [1.807, 2.05) is 13.8 Å². The molecule has 0 radical (unpaired) electrons. The first-order valence-corrected chi connectivity index (χ1v) is 12.4. The summed E-state index contributed by atoms with van der Waals surface area (Å²) in [6.45, 7) is 9.36. The topological polar surface area (TPSA) is 83.5 Å². The molecule has 0 aromatic rings. The molecule has 7 nitrogen and oxygen atoms in total. The predicted molar refractivity (Wildman–Crippen MR) is 111 cm³/mol. The molecule has 0 bridgehead atoms. The van der Waals surface area contributed by atoms with E-state index in [1.165, 1.54) is 32.6 Å². The van der Waals surface area contributed by atoms with Crippen LogP contribution in [0.3, 0.4) is 0 Å². The van der Waals surface area contributed by atoms with Crippen LogP contribution in [-0.2, 0) is 27.8 Å². The summed E-state index contributed by atoms with van der Waals surface area (Å²) in [4.78, 5) is 9.98. The third kappa shape index (κ3) is 16.9. The Kier molecular flexibility index (Phi) is 17.8. The first kappa shape index (κ1) is 28.0. The van der Waals surface area contributed by atoms with Crippen LogP contribution in [0, 0.1) is 0 Å². The number of rotatable bonds is 21. The number of phosphoric acid groups is 1. The fraction of sp³-hybridized carbons (Fsp3) is 1.00. The zero-order valence-corrected chi connectivity index (χ0v) is 19.3. The molecule has 0 rings (SSSR count). The quantitative estimate of drug-likeness (QED) is 0.141. The van der Waals surface area contributed by atoms with E-state index in [1.54, 1.807) is 0 Å². The first-order chi connectivity index (χ1) is 13.4. The van der Waals surface area contributed by atoms with Gasteiger partial charge in [0.25, 0.3) is 5.97 Å². The maximum atomic E-state index is 12.2. The molecule has 0 saturated heterocycles. The van der Waals surface area contributed by atoms with Crippen molar-refractivity contribution < 1.29 is 32.7 Å². The average Bonchev–Trinajstić information content (AvgIpc) is 2.63. The Morgan fingerprint density at radius 1 is 0.714 bits per heavy atom. The number of phosphoric ester groups is 1. The highest BCUT2D eigenvalue weighted by Gasteiger charge is 2.37. The summed E-state index contributed by atoms with van der Waals surface area (Å²) in [5, 5.41) is 0. The van der Waals surface area contributed by atoms with Crippen LogP contribution < -0.4 is 0 Å². The molecule has 0 aliphatic rings. The van der Waals surface area contributed by atoms with E-state index in [4.69, 9.17) is 23.3 Å². The van der Waals surface area contributed by atoms with Gasteiger partial charge in [0.15, 0.2) is 0 Å². The number of hydrogen-bond acceptors (Lipinski definition) is 6. The molecule has 1 atom stereocenters. The van der Waals surface area contributed by atoms with Crippen LogP contribution in [0.25, 0.3) is 0 Å². The second-order valence-electron chi connectivity index (χ2n) is 7.04. The molecule has 0 saturated carbocycles. The highest BCUT2D eigenvalue weighted by Crippen LogP contribution is 2.47. The average molecular weight is 427 g/mol. The molecule has 1 N–H and O–H groups in total. The minimum atomic E-state index is -4.32. The summed E-state index contributed by atoms with van der Waals surface area (Å²) in [5.74, 6) is -1.60. The summed E-state index contributed by atoms with van der Waals surface area (Å²) < 4.78 is 39.0. The molecular formula is C20H43O7P. The minimum absolute atomic E-state index is 0.0242. The van der Waals surface area contributed by atoms with Gasteiger partial charge < -0.3 is 19.1 Å². The van der Waals surface area contributed by atoms with Gasteiger partial charge in [0, 0.05) is 13.5 Å². The van der Waals surface area contributed by atoms with Crippen LogP contribution in [-0.4, -0.2) is 43.9 Å². The lowest BCUT2D eigenvalue weighted by molar-refractivity contribution is -0.338. The summed E-state index contributed by atoms with van der Waals surface area (Å²) in [6.07, 6.45) is 10.6. The summed E-state index contributed by atoms with van der Waals surface area (Å²) >= 11 is 0. The molecule has 0 fully saturated rings. The van der Waals surface area contributed by atoms with Gasteiger partial charge in [-0.3, -0.25) is 4.52 Å².